The molecule has 168 valence electrons. The van der Waals surface area contributed by atoms with E-state index in [0.717, 1.165) is 11.9 Å². The van der Waals surface area contributed by atoms with Gasteiger partial charge in [0.15, 0.2) is 0 Å². The fourth-order valence-electron chi connectivity index (χ4n) is 3.30. The molecule has 3 rings (SSSR count). The molecule has 2 heterocycles. The quantitative estimate of drug-likeness (QED) is 0.461. The summed E-state index contributed by atoms with van der Waals surface area (Å²) in [6.07, 6.45) is 1.58. The third-order valence-corrected chi connectivity index (χ3v) is 6.64. The minimum Gasteiger partial charge on any atom is -0.362 e. The third kappa shape index (κ3) is 5.82. The van der Waals surface area contributed by atoms with Gasteiger partial charge < -0.3 is 14.7 Å². The van der Waals surface area contributed by atoms with Gasteiger partial charge in [-0.3, -0.25) is 10.1 Å². The Labute approximate surface area is 186 Å². The summed E-state index contributed by atoms with van der Waals surface area (Å²) < 4.78 is 27.5. The molecule has 10 nitrogen and oxygen atoms in total. The minimum atomic E-state index is -3.83. The van der Waals surface area contributed by atoms with Gasteiger partial charge in [-0.05, 0) is 38.4 Å². The Bertz CT molecular complexity index is 1020. The molecule has 2 aromatic rings. The predicted molar refractivity (Wildman–Crippen MR) is 121 cm³/mol. The van der Waals surface area contributed by atoms with Crippen molar-refractivity contribution in [1.82, 2.24) is 14.6 Å². The van der Waals surface area contributed by atoms with Gasteiger partial charge in [0.2, 0.25) is 10.0 Å². The molecule has 0 spiro atoms. The maximum absolute atomic E-state index is 12.5. The molecule has 0 saturated carbocycles. The van der Waals surface area contributed by atoms with Crippen molar-refractivity contribution in [2.75, 3.05) is 63.2 Å². The number of rotatable bonds is 8. The number of hydrogen-bond donors (Lipinski definition) is 1. The molecule has 1 N–H and O–H groups in total. The molecule has 0 radical (unpaired) electrons. The zero-order chi connectivity index (χ0) is 22.6. The lowest BCUT2D eigenvalue weighted by molar-refractivity contribution is -0.384. The molecule has 0 amide bonds. The summed E-state index contributed by atoms with van der Waals surface area (Å²) in [4.78, 5) is 21.1. The molecule has 31 heavy (non-hydrogen) atoms. The highest BCUT2D eigenvalue weighted by molar-refractivity contribution is 7.89. The lowest BCUT2D eigenvalue weighted by Gasteiger charge is -2.36. The van der Waals surface area contributed by atoms with Crippen LogP contribution < -0.4 is 14.5 Å². The molecular formula is C19H25ClN6O4S. The fraction of sp³-hybridized carbons (Fsp3) is 0.421. The molecule has 1 aliphatic rings. The summed E-state index contributed by atoms with van der Waals surface area (Å²) in [5.41, 5.74) is 0.175. The highest BCUT2D eigenvalue weighted by atomic mass is 35.5. The van der Waals surface area contributed by atoms with Crippen molar-refractivity contribution < 1.29 is 13.3 Å². The number of nitrogens with one attached hydrogen (secondary N) is 1. The molecule has 1 aromatic carbocycles. The van der Waals surface area contributed by atoms with E-state index in [1.54, 1.807) is 12.3 Å². The first kappa shape index (κ1) is 23.2. The van der Waals surface area contributed by atoms with E-state index in [4.69, 9.17) is 11.6 Å². The molecule has 1 aliphatic heterocycles. The Morgan fingerprint density at radius 1 is 1.16 bits per heavy atom. The maximum atomic E-state index is 12.5. The molecule has 0 unspecified atom stereocenters. The van der Waals surface area contributed by atoms with Gasteiger partial charge in [-0.25, -0.2) is 18.1 Å². The molecule has 1 aromatic heterocycles. The zero-order valence-corrected chi connectivity index (χ0v) is 18.9. The number of benzene rings is 1. The van der Waals surface area contributed by atoms with Crippen molar-refractivity contribution in [3.63, 3.8) is 0 Å². The second-order valence-electron chi connectivity index (χ2n) is 7.42. The van der Waals surface area contributed by atoms with Gasteiger partial charge in [-0.2, -0.15) is 0 Å². The largest absolute Gasteiger partial charge is 0.362 e. The fourth-order valence-corrected chi connectivity index (χ4v) is 4.45. The smallest absolute Gasteiger partial charge is 0.293 e. The second-order valence-corrected chi connectivity index (χ2v) is 9.62. The average molecular weight is 469 g/mol. The van der Waals surface area contributed by atoms with Crippen LogP contribution in [0.5, 0.6) is 0 Å². The van der Waals surface area contributed by atoms with E-state index >= 15 is 0 Å². The standard InChI is InChI=1S/C19H25ClN6O4S/c1-23(2)8-7-22-31(29,30)16-4-5-17(18(13-16)26(27)28)24-9-11-25(12-10-24)19-6-3-15(20)14-21-19/h3-6,13-14,22H,7-12H2,1-2H3. The van der Waals surface area contributed by atoms with Crippen LogP contribution in [0.3, 0.4) is 0 Å². The molecule has 0 bridgehead atoms. The second kappa shape index (κ2) is 9.77. The summed E-state index contributed by atoms with van der Waals surface area (Å²) in [7, 11) is -0.175. The zero-order valence-electron chi connectivity index (χ0n) is 17.4. The van der Waals surface area contributed by atoms with Crippen molar-refractivity contribution >= 4 is 38.8 Å². The van der Waals surface area contributed by atoms with Gasteiger partial charge in [-0.1, -0.05) is 11.6 Å². The minimum absolute atomic E-state index is 0.120. The topological polar surface area (TPSA) is 112 Å². The van der Waals surface area contributed by atoms with E-state index < -0.39 is 14.9 Å². The first-order valence-corrected chi connectivity index (χ1v) is 11.6. The van der Waals surface area contributed by atoms with Crippen molar-refractivity contribution in [2.45, 2.75) is 4.90 Å². The van der Waals surface area contributed by atoms with Crippen LogP contribution in [0.2, 0.25) is 5.02 Å². The van der Waals surface area contributed by atoms with Crippen LogP contribution in [0.4, 0.5) is 17.2 Å². The number of piperazine rings is 1. The summed E-state index contributed by atoms with van der Waals surface area (Å²) in [6, 6.07) is 7.65. The van der Waals surface area contributed by atoms with E-state index in [1.807, 2.05) is 30.0 Å². The summed E-state index contributed by atoms with van der Waals surface area (Å²) >= 11 is 5.88. The van der Waals surface area contributed by atoms with Crippen molar-refractivity contribution in [2.24, 2.45) is 0 Å². The van der Waals surface area contributed by atoms with Gasteiger partial charge >= 0.3 is 0 Å². The number of nitro benzene ring substituents is 1. The normalized spacial score (nSPS) is 14.8. The Morgan fingerprint density at radius 3 is 2.42 bits per heavy atom. The number of pyridine rings is 1. The van der Waals surface area contributed by atoms with E-state index in [2.05, 4.69) is 14.6 Å². The number of nitrogens with zero attached hydrogens (tertiary/aromatic N) is 5. The highest BCUT2D eigenvalue weighted by Crippen LogP contribution is 2.32. The van der Waals surface area contributed by atoms with Crippen LogP contribution in [0.1, 0.15) is 0 Å². The van der Waals surface area contributed by atoms with Gasteiger partial charge in [-0.15, -0.1) is 0 Å². The van der Waals surface area contributed by atoms with Crippen LogP contribution in [0.25, 0.3) is 0 Å². The highest BCUT2D eigenvalue weighted by Gasteiger charge is 2.27. The molecular weight excluding hydrogens is 444 g/mol. The number of halogens is 1. The molecule has 1 fully saturated rings. The Morgan fingerprint density at radius 2 is 1.84 bits per heavy atom. The predicted octanol–water partition coefficient (Wildman–Crippen LogP) is 1.81. The van der Waals surface area contributed by atoms with Crippen molar-refractivity contribution in [3.8, 4) is 0 Å². The Hall–Kier alpha value is -2.47. The molecule has 0 aliphatic carbocycles. The number of aromatic nitrogens is 1. The number of hydrogen-bond acceptors (Lipinski definition) is 8. The summed E-state index contributed by atoms with van der Waals surface area (Å²) in [6.45, 7) is 3.06. The number of sulfonamides is 1. The molecule has 0 atom stereocenters. The summed E-state index contributed by atoms with van der Waals surface area (Å²) in [5.74, 6) is 0.795. The van der Waals surface area contributed by atoms with Gasteiger partial charge in [0, 0.05) is 51.5 Å². The molecule has 1 saturated heterocycles. The van der Waals surface area contributed by atoms with E-state index in [-0.39, 0.29) is 17.1 Å². The van der Waals surface area contributed by atoms with Crippen LogP contribution >= 0.6 is 11.6 Å². The summed E-state index contributed by atoms with van der Waals surface area (Å²) in [5, 5.41) is 12.2. The van der Waals surface area contributed by atoms with Crippen molar-refractivity contribution in [1.29, 1.82) is 0 Å². The molecule has 12 heteroatoms. The monoisotopic (exact) mass is 468 g/mol. The first-order chi connectivity index (χ1) is 14.7. The van der Waals surface area contributed by atoms with Crippen LogP contribution in [-0.2, 0) is 10.0 Å². The van der Waals surface area contributed by atoms with Gasteiger partial charge in [0.05, 0.1) is 14.8 Å². The number of anilines is 2. The van der Waals surface area contributed by atoms with E-state index in [0.29, 0.717) is 43.4 Å². The van der Waals surface area contributed by atoms with Crippen LogP contribution in [0, 0.1) is 10.1 Å². The van der Waals surface area contributed by atoms with Crippen LogP contribution in [-0.4, -0.2) is 76.6 Å². The van der Waals surface area contributed by atoms with Crippen molar-refractivity contribution in [3.05, 3.63) is 51.7 Å². The first-order valence-electron chi connectivity index (χ1n) is 9.71. The maximum Gasteiger partial charge on any atom is 0.293 e. The Balaban J connectivity index is 1.75. The number of nitro groups is 1. The van der Waals surface area contributed by atoms with E-state index in [9.17, 15) is 18.5 Å². The SMILES string of the molecule is CN(C)CCNS(=O)(=O)c1ccc(N2CCN(c3ccc(Cl)cn3)CC2)c([N+](=O)[O-])c1. The Kier molecular flexibility index (Phi) is 7.31. The van der Waals surface area contributed by atoms with Crippen LogP contribution in [0.15, 0.2) is 41.4 Å². The van der Waals surface area contributed by atoms with Gasteiger partial charge in [0.25, 0.3) is 5.69 Å². The lowest BCUT2D eigenvalue weighted by Crippen LogP contribution is -2.47. The lowest BCUT2D eigenvalue weighted by atomic mass is 10.2. The third-order valence-electron chi connectivity index (χ3n) is 4.96. The number of likely N-dealkylation sites (N-methyl/N-ethyl adjacent to an activating group) is 1. The average Bonchev–Trinajstić information content (AvgIpc) is 2.73. The van der Waals surface area contributed by atoms with Gasteiger partial charge in [0.1, 0.15) is 11.5 Å². The van der Waals surface area contributed by atoms with E-state index in [1.165, 1.54) is 12.1 Å².